The molecular formula is C30H31NO6. The Kier molecular flexibility index (Phi) is 8.13. The van der Waals surface area contributed by atoms with E-state index in [0.29, 0.717) is 53.9 Å². The number of hydrogen-bond acceptors (Lipinski definition) is 6. The lowest BCUT2D eigenvalue weighted by Crippen LogP contribution is -2.29. The zero-order valence-electron chi connectivity index (χ0n) is 21.3. The monoisotopic (exact) mass is 501 g/mol. The average Bonchev–Trinajstić information content (AvgIpc) is 3.19. The molecule has 192 valence electrons. The zero-order valence-corrected chi connectivity index (χ0v) is 21.3. The third kappa shape index (κ3) is 5.45. The highest BCUT2D eigenvalue weighted by molar-refractivity contribution is 6.51. The Balaban J connectivity index is 1.80. The molecule has 1 aliphatic rings. The molecule has 3 aromatic rings. The molecule has 0 aliphatic carbocycles. The molecule has 0 bridgehead atoms. The van der Waals surface area contributed by atoms with Crippen LogP contribution < -0.4 is 19.1 Å². The summed E-state index contributed by atoms with van der Waals surface area (Å²) in [5, 5.41) is 11.3. The summed E-state index contributed by atoms with van der Waals surface area (Å²) < 4.78 is 16.7. The van der Waals surface area contributed by atoms with Gasteiger partial charge in [0.05, 0.1) is 31.4 Å². The van der Waals surface area contributed by atoms with E-state index in [2.05, 4.69) is 0 Å². The molecule has 3 aromatic carbocycles. The fourth-order valence-electron chi connectivity index (χ4n) is 4.28. The van der Waals surface area contributed by atoms with Crippen LogP contribution in [0.3, 0.4) is 0 Å². The number of Topliss-reactive ketones (excluding diaryl/α,β-unsaturated/α-hetero) is 1. The zero-order chi connectivity index (χ0) is 26.4. The molecule has 0 aromatic heterocycles. The van der Waals surface area contributed by atoms with E-state index in [9.17, 15) is 14.7 Å². The Morgan fingerprint density at radius 2 is 1.27 bits per heavy atom. The van der Waals surface area contributed by atoms with Gasteiger partial charge in [0.2, 0.25) is 0 Å². The first-order valence-electron chi connectivity index (χ1n) is 12.5. The van der Waals surface area contributed by atoms with Crippen molar-refractivity contribution in [1.82, 2.24) is 0 Å². The van der Waals surface area contributed by atoms with E-state index in [-0.39, 0.29) is 11.3 Å². The van der Waals surface area contributed by atoms with E-state index in [1.165, 1.54) is 4.90 Å². The van der Waals surface area contributed by atoms with Crippen LogP contribution in [0.1, 0.15) is 44.4 Å². The van der Waals surface area contributed by atoms with E-state index < -0.39 is 17.7 Å². The van der Waals surface area contributed by atoms with Crippen LogP contribution in [0.15, 0.2) is 78.4 Å². The molecule has 0 spiro atoms. The predicted octanol–water partition coefficient (Wildman–Crippen LogP) is 5.90. The van der Waals surface area contributed by atoms with Gasteiger partial charge in [-0.2, -0.15) is 0 Å². The number of rotatable bonds is 10. The standard InChI is InChI=1S/C30H31NO6/c1-4-19-37-25-15-9-21(10-16-25)28(32)26-27(20-7-13-23(14-8-20)35-5-2)31(30(34)29(26)33)22-11-17-24(18-12-22)36-6-3/h7-18,27,32H,4-6,19H2,1-3H3/b28-26+. The highest BCUT2D eigenvalue weighted by Gasteiger charge is 2.47. The molecule has 1 amide bonds. The molecule has 4 rings (SSSR count). The van der Waals surface area contributed by atoms with Crippen LogP contribution in [0.2, 0.25) is 0 Å². The lowest BCUT2D eigenvalue weighted by atomic mass is 9.95. The average molecular weight is 502 g/mol. The quantitative estimate of drug-likeness (QED) is 0.212. The molecule has 7 nitrogen and oxygen atoms in total. The maximum atomic E-state index is 13.4. The summed E-state index contributed by atoms with van der Waals surface area (Å²) in [5.41, 5.74) is 1.63. The van der Waals surface area contributed by atoms with Crippen LogP contribution >= 0.6 is 0 Å². The predicted molar refractivity (Wildman–Crippen MR) is 142 cm³/mol. The summed E-state index contributed by atoms with van der Waals surface area (Å²) in [4.78, 5) is 28.1. The Morgan fingerprint density at radius 1 is 0.757 bits per heavy atom. The summed E-state index contributed by atoms with van der Waals surface area (Å²) >= 11 is 0. The molecule has 1 aliphatic heterocycles. The van der Waals surface area contributed by atoms with E-state index in [0.717, 1.165) is 6.42 Å². The van der Waals surface area contributed by atoms with Gasteiger partial charge >= 0.3 is 0 Å². The Bertz CT molecular complexity index is 1260. The highest BCUT2D eigenvalue weighted by Crippen LogP contribution is 2.43. The van der Waals surface area contributed by atoms with Gasteiger partial charge in [0.15, 0.2) is 0 Å². The van der Waals surface area contributed by atoms with Crippen molar-refractivity contribution in [3.8, 4) is 17.2 Å². The second kappa shape index (κ2) is 11.6. The van der Waals surface area contributed by atoms with Crippen LogP contribution in [0.5, 0.6) is 17.2 Å². The molecular weight excluding hydrogens is 470 g/mol. The number of carbonyl (C=O) groups excluding carboxylic acids is 2. The molecule has 1 atom stereocenters. The first-order chi connectivity index (χ1) is 18.0. The fourth-order valence-corrected chi connectivity index (χ4v) is 4.28. The van der Waals surface area contributed by atoms with Crippen LogP contribution in [-0.2, 0) is 9.59 Å². The molecule has 0 saturated carbocycles. The summed E-state index contributed by atoms with van der Waals surface area (Å²) in [5.74, 6) is 0.283. The minimum absolute atomic E-state index is 0.0188. The minimum atomic E-state index is -0.829. The number of nitrogens with zero attached hydrogens (tertiary/aromatic N) is 1. The highest BCUT2D eigenvalue weighted by atomic mass is 16.5. The molecule has 1 unspecified atom stereocenters. The minimum Gasteiger partial charge on any atom is -0.507 e. The van der Waals surface area contributed by atoms with Crippen molar-refractivity contribution in [1.29, 1.82) is 0 Å². The van der Waals surface area contributed by atoms with E-state index in [4.69, 9.17) is 14.2 Å². The smallest absolute Gasteiger partial charge is 0.300 e. The van der Waals surface area contributed by atoms with Crippen molar-refractivity contribution in [3.05, 3.63) is 89.5 Å². The maximum Gasteiger partial charge on any atom is 0.300 e. The molecule has 0 radical (unpaired) electrons. The van der Waals surface area contributed by atoms with Gasteiger partial charge in [0.25, 0.3) is 11.7 Å². The number of aliphatic hydroxyl groups excluding tert-OH is 1. The number of amides is 1. The van der Waals surface area contributed by atoms with Crippen molar-refractivity contribution < 1.29 is 28.9 Å². The van der Waals surface area contributed by atoms with Crippen LogP contribution in [-0.4, -0.2) is 36.6 Å². The van der Waals surface area contributed by atoms with Gasteiger partial charge in [-0.05, 0) is 86.5 Å². The number of benzene rings is 3. The van der Waals surface area contributed by atoms with E-state index in [1.54, 1.807) is 72.8 Å². The number of aliphatic hydroxyl groups is 1. The Morgan fingerprint density at radius 3 is 1.81 bits per heavy atom. The van der Waals surface area contributed by atoms with Gasteiger partial charge in [0.1, 0.15) is 23.0 Å². The maximum absolute atomic E-state index is 13.4. The van der Waals surface area contributed by atoms with Crippen molar-refractivity contribution in [2.24, 2.45) is 0 Å². The van der Waals surface area contributed by atoms with Crippen molar-refractivity contribution in [2.75, 3.05) is 24.7 Å². The van der Waals surface area contributed by atoms with Crippen molar-refractivity contribution in [2.45, 2.75) is 33.2 Å². The molecule has 1 saturated heterocycles. The number of carbonyl (C=O) groups is 2. The number of ether oxygens (including phenoxy) is 3. The largest absolute Gasteiger partial charge is 0.507 e. The first-order valence-corrected chi connectivity index (χ1v) is 12.5. The van der Waals surface area contributed by atoms with E-state index >= 15 is 0 Å². The SMILES string of the molecule is CCCOc1ccc(/C(O)=C2\C(=O)C(=O)N(c3ccc(OCC)cc3)C2c2ccc(OCC)cc2)cc1. The second-order valence-corrected chi connectivity index (χ2v) is 8.47. The van der Waals surface area contributed by atoms with Gasteiger partial charge in [-0.15, -0.1) is 0 Å². The molecule has 7 heteroatoms. The Labute approximate surface area is 216 Å². The first kappa shape index (κ1) is 25.8. The lowest BCUT2D eigenvalue weighted by molar-refractivity contribution is -0.132. The molecule has 1 heterocycles. The molecule has 1 N–H and O–H groups in total. The molecule has 1 fully saturated rings. The van der Waals surface area contributed by atoms with Gasteiger partial charge < -0.3 is 19.3 Å². The lowest BCUT2D eigenvalue weighted by Gasteiger charge is -2.25. The fraction of sp³-hybridized carbons (Fsp3) is 0.267. The van der Waals surface area contributed by atoms with Gasteiger partial charge in [-0.25, -0.2) is 0 Å². The molecule has 37 heavy (non-hydrogen) atoms. The number of hydrogen-bond donors (Lipinski definition) is 1. The van der Waals surface area contributed by atoms with Crippen LogP contribution in [0.4, 0.5) is 5.69 Å². The van der Waals surface area contributed by atoms with E-state index in [1.807, 2.05) is 20.8 Å². The summed E-state index contributed by atoms with van der Waals surface area (Å²) in [7, 11) is 0. The summed E-state index contributed by atoms with van der Waals surface area (Å²) in [6.45, 7) is 7.41. The topological polar surface area (TPSA) is 85.3 Å². The summed E-state index contributed by atoms with van der Waals surface area (Å²) in [6, 6.07) is 20.2. The Hall–Kier alpha value is -4.26. The third-order valence-corrected chi connectivity index (χ3v) is 5.98. The number of anilines is 1. The second-order valence-electron chi connectivity index (χ2n) is 8.47. The number of ketones is 1. The normalized spacial score (nSPS) is 16.6. The van der Waals surface area contributed by atoms with Gasteiger partial charge in [-0.3, -0.25) is 14.5 Å². The summed E-state index contributed by atoms with van der Waals surface area (Å²) in [6.07, 6.45) is 0.874. The van der Waals surface area contributed by atoms with Crippen LogP contribution in [0.25, 0.3) is 5.76 Å². The van der Waals surface area contributed by atoms with Crippen LogP contribution in [0, 0.1) is 0 Å². The van der Waals surface area contributed by atoms with Gasteiger partial charge in [-0.1, -0.05) is 19.1 Å². The van der Waals surface area contributed by atoms with Crippen molar-refractivity contribution in [3.63, 3.8) is 0 Å². The third-order valence-electron chi connectivity index (χ3n) is 5.98. The van der Waals surface area contributed by atoms with Crippen molar-refractivity contribution >= 4 is 23.1 Å². The van der Waals surface area contributed by atoms with Gasteiger partial charge in [0, 0.05) is 11.3 Å².